The topological polar surface area (TPSA) is 147 Å². The average Bonchev–Trinajstić information content (AvgIpc) is 3.59. The van der Waals surface area contributed by atoms with Crippen LogP contribution in [0.15, 0.2) is 47.3 Å². The molecule has 0 unspecified atom stereocenters. The van der Waals surface area contributed by atoms with E-state index in [-0.39, 0.29) is 29.9 Å². The molecule has 13 heteroatoms. The van der Waals surface area contributed by atoms with E-state index < -0.39 is 30.2 Å². The minimum absolute atomic E-state index is 0.0369. The van der Waals surface area contributed by atoms with E-state index in [0.29, 0.717) is 11.5 Å². The normalized spacial score (nSPS) is 17.8. The Kier molecular flexibility index (Phi) is 5.20. The van der Waals surface area contributed by atoms with E-state index in [2.05, 4.69) is 58.3 Å². The number of H-pyrrole nitrogens is 1. The molecule has 4 aromatic rings. The molecule has 2 aliphatic rings. The Morgan fingerprint density at radius 2 is 1.81 bits per heavy atom. The van der Waals surface area contributed by atoms with E-state index >= 15 is 0 Å². The van der Waals surface area contributed by atoms with E-state index in [1.165, 1.54) is 17.3 Å². The number of hydrogen-bond acceptors (Lipinski definition) is 9. The fraction of sp³-hybridized carbons (Fsp3) is 0.348. The van der Waals surface area contributed by atoms with E-state index in [1.807, 2.05) is 12.1 Å². The third-order valence-electron chi connectivity index (χ3n) is 6.47. The molecule has 0 radical (unpaired) electrons. The van der Waals surface area contributed by atoms with Crippen molar-refractivity contribution >= 4 is 11.9 Å². The van der Waals surface area contributed by atoms with Crippen molar-refractivity contribution in [2.24, 2.45) is 0 Å². The van der Waals surface area contributed by atoms with Crippen LogP contribution in [-0.4, -0.2) is 53.4 Å². The lowest BCUT2D eigenvalue weighted by Crippen LogP contribution is -2.60. The Bertz CT molecular complexity index is 1360. The smallest absolute Gasteiger partial charge is 0.253 e. The van der Waals surface area contributed by atoms with Crippen molar-refractivity contribution in [1.82, 2.24) is 40.9 Å². The number of alkyl halides is 2. The fourth-order valence-electron chi connectivity index (χ4n) is 4.85. The molecule has 6 rings (SSSR count). The zero-order valence-electron chi connectivity index (χ0n) is 18.9. The molecule has 2 aliphatic carbocycles. The van der Waals surface area contributed by atoms with Crippen LogP contribution < -0.4 is 10.6 Å². The van der Waals surface area contributed by atoms with Crippen LogP contribution in [0, 0.1) is 0 Å². The van der Waals surface area contributed by atoms with Crippen LogP contribution in [0.3, 0.4) is 0 Å². The zero-order chi connectivity index (χ0) is 24.8. The summed E-state index contributed by atoms with van der Waals surface area (Å²) in [6, 6.07) is 8.55. The Morgan fingerprint density at radius 3 is 2.44 bits per heavy atom. The van der Waals surface area contributed by atoms with Gasteiger partial charge >= 0.3 is 0 Å². The summed E-state index contributed by atoms with van der Waals surface area (Å²) >= 11 is 0. The second-order valence-corrected chi connectivity index (χ2v) is 9.19. The van der Waals surface area contributed by atoms with Gasteiger partial charge in [-0.05, 0) is 24.0 Å². The number of carbonyl (C=O) groups is 1. The maximum absolute atomic E-state index is 13.6. The van der Waals surface area contributed by atoms with E-state index in [0.717, 1.165) is 12.8 Å². The predicted molar refractivity (Wildman–Crippen MR) is 121 cm³/mol. The highest BCUT2D eigenvalue weighted by Crippen LogP contribution is 2.50. The highest BCUT2D eigenvalue weighted by Gasteiger charge is 2.59. The van der Waals surface area contributed by atoms with E-state index in [1.54, 1.807) is 12.4 Å². The minimum Gasteiger partial charge on any atom is -0.420 e. The lowest BCUT2D eigenvalue weighted by Gasteiger charge is -2.46. The fourth-order valence-corrected chi connectivity index (χ4v) is 4.85. The van der Waals surface area contributed by atoms with Gasteiger partial charge in [-0.2, -0.15) is 0 Å². The molecule has 3 aromatic heterocycles. The van der Waals surface area contributed by atoms with Crippen molar-refractivity contribution in [1.29, 1.82) is 0 Å². The molecule has 1 fully saturated rings. The summed E-state index contributed by atoms with van der Waals surface area (Å²) in [6.45, 7) is 0. The number of benzene rings is 1. The number of anilines is 1. The molecule has 36 heavy (non-hydrogen) atoms. The number of halogens is 2. The zero-order valence-corrected chi connectivity index (χ0v) is 18.9. The van der Waals surface area contributed by atoms with Gasteiger partial charge < -0.3 is 15.1 Å². The first-order valence-corrected chi connectivity index (χ1v) is 11.4. The summed E-state index contributed by atoms with van der Waals surface area (Å²) in [5.74, 6) is -2.75. The molecule has 1 aromatic carbocycles. The van der Waals surface area contributed by atoms with E-state index in [4.69, 9.17) is 4.42 Å². The van der Waals surface area contributed by atoms with E-state index in [9.17, 15) is 13.6 Å². The largest absolute Gasteiger partial charge is 0.420 e. The van der Waals surface area contributed by atoms with Crippen LogP contribution in [-0.2, 0) is 29.6 Å². The van der Waals surface area contributed by atoms with Crippen molar-refractivity contribution in [3.05, 3.63) is 65.6 Å². The highest BCUT2D eigenvalue weighted by atomic mass is 19.3. The Hall–Kier alpha value is -4.29. The van der Waals surface area contributed by atoms with Crippen LogP contribution in [0.2, 0.25) is 0 Å². The lowest BCUT2D eigenvalue weighted by atomic mass is 9.71. The number of amides is 1. The van der Waals surface area contributed by atoms with Crippen LogP contribution in [0.5, 0.6) is 0 Å². The summed E-state index contributed by atoms with van der Waals surface area (Å²) in [4.78, 5) is 21.3. The highest BCUT2D eigenvalue weighted by molar-refractivity contribution is 5.79. The number of rotatable bonds is 7. The molecule has 0 aliphatic heterocycles. The number of hydrogen-bond donors (Lipinski definition) is 3. The number of fused-ring (bicyclic) bond motifs is 1. The van der Waals surface area contributed by atoms with Crippen LogP contribution in [0.1, 0.15) is 35.6 Å². The van der Waals surface area contributed by atoms with Gasteiger partial charge in [0.2, 0.25) is 17.7 Å². The number of nitrogens with zero attached hydrogens (tertiary/aromatic N) is 6. The number of aromatic nitrogens is 7. The summed E-state index contributed by atoms with van der Waals surface area (Å²) < 4.78 is 32.8. The third kappa shape index (κ3) is 4.27. The first kappa shape index (κ1) is 22.2. The molecule has 3 N–H and O–H groups in total. The van der Waals surface area contributed by atoms with Crippen molar-refractivity contribution < 1.29 is 18.0 Å². The SMILES string of the molecule is O=C(Cc1nnc(-c2cnc(NC3Cc4ccccc4C3)nc2)o1)NC1(c2c[nH]nn2)CC(F)(F)C1. The van der Waals surface area contributed by atoms with Gasteiger partial charge in [0.25, 0.3) is 11.8 Å². The molecule has 1 amide bonds. The molecular weight excluding hydrogens is 472 g/mol. The summed E-state index contributed by atoms with van der Waals surface area (Å²) in [5, 5.41) is 23.7. The van der Waals surface area contributed by atoms with Crippen molar-refractivity contribution in [3.63, 3.8) is 0 Å². The molecule has 0 saturated heterocycles. The number of aromatic amines is 1. The lowest BCUT2D eigenvalue weighted by molar-refractivity contribution is -0.150. The van der Waals surface area contributed by atoms with Crippen LogP contribution in [0.4, 0.5) is 14.7 Å². The Morgan fingerprint density at radius 1 is 1.08 bits per heavy atom. The maximum Gasteiger partial charge on any atom is 0.253 e. The molecule has 0 bridgehead atoms. The second-order valence-electron chi connectivity index (χ2n) is 9.19. The quantitative estimate of drug-likeness (QED) is 0.352. The molecule has 11 nitrogen and oxygen atoms in total. The van der Waals surface area contributed by atoms with Crippen molar-refractivity contribution in [2.75, 3.05) is 5.32 Å². The van der Waals surface area contributed by atoms with Crippen LogP contribution >= 0.6 is 0 Å². The average molecular weight is 493 g/mol. The molecule has 0 spiro atoms. The first-order chi connectivity index (χ1) is 17.4. The number of nitrogens with one attached hydrogen (secondary N) is 3. The molecular formula is C23H21F2N9O2. The monoisotopic (exact) mass is 493 g/mol. The maximum atomic E-state index is 13.6. The van der Waals surface area contributed by atoms with Gasteiger partial charge in [-0.1, -0.05) is 29.5 Å². The second kappa shape index (κ2) is 8.43. The Labute approximate surface area is 203 Å². The summed E-state index contributed by atoms with van der Waals surface area (Å²) in [5.41, 5.74) is 2.11. The molecule has 0 atom stereocenters. The van der Waals surface area contributed by atoms with Gasteiger partial charge in [0.1, 0.15) is 12.1 Å². The molecule has 3 heterocycles. The number of carbonyl (C=O) groups excluding carboxylic acids is 1. The molecule has 184 valence electrons. The van der Waals surface area contributed by atoms with Gasteiger partial charge in [-0.3, -0.25) is 9.89 Å². The van der Waals surface area contributed by atoms with Crippen molar-refractivity contribution in [3.8, 4) is 11.5 Å². The van der Waals surface area contributed by atoms with Gasteiger partial charge in [-0.25, -0.2) is 18.7 Å². The first-order valence-electron chi connectivity index (χ1n) is 11.4. The van der Waals surface area contributed by atoms with Crippen LogP contribution in [0.25, 0.3) is 11.5 Å². The van der Waals surface area contributed by atoms with Gasteiger partial charge in [0, 0.05) is 37.5 Å². The van der Waals surface area contributed by atoms with Crippen molar-refractivity contribution in [2.45, 2.75) is 49.6 Å². The summed E-state index contributed by atoms with van der Waals surface area (Å²) in [7, 11) is 0. The Balaban J connectivity index is 1.07. The standard InChI is InChI=1S/C23H21F2N9O2/c24-23(25)11-22(12-23,17-10-28-34-31-17)30-18(35)7-19-32-33-20(36-19)15-8-26-21(27-9-15)29-16-5-13-3-1-2-4-14(13)6-16/h1-4,8-10,16H,5-7,11-12H2,(H,30,35)(H,26,27,29)(H,28,31,34). The minimum atomic E-state index is -2.88. The van der Waals surface area contributed by atoms with Gasteiger partial charge in [0.15, 0.2) is 0 Å². The third-order valence-corrected chi connectivity index (χ3v) is 6.47. The predicted octanol–water partition coefficient (Wildman–Crippen LogP) is 2.21. The van der Waals surface area contributed by atoms with Gasteiger partial charge in [0.05, 0.1) is 11.1 Å². The molecule has 1 saturated carbocycles. The van der Waals surface area contributed by atoms with Gasteiger partial charge in [-0.15, -0.1) is 15.3 Å². The summed E-state index contributed by atoms with van der Waals surface area (Å²) in [6.07, 6.45) is 4.94.